The Bertz CT molecular complexity index is 1540. The number of halogens is 1. The molecule has 3 heterocycles. The second kappa shape index (κ2) is 7.30. The number of non-ortho nitro benzene ring substituents is 1. The van der Waals surface area contributed by atoms with Gasteiger partial charge in [-0.3, -0.25) is 14.9 Å². The SMILES string of the molecule is O=C1[C@@H]2[C@H]3C[C@H](CN3S(=O)(=O)c3ccc(F)cc3)N2C(=O)N1c1ccc([N+](=O)[O-])c2ccccc12. The van der Waals surface area contributed by atoms with E-state index in [9.17, 15) is 32.5 Å². The summed E-state index contributed by atoms with van der Waals surface area (Å²) in [4.78, 5) is 40.2. The highest BCUT2D eigenvalue weighted by molar-refractivity contribution is 7.89. The fourth-order valence-electron chi connectivity index (χ4n) is 5.48. The third kappa shape index (κ3) is 2.93. The van der Waals surface area contributed by atoms with Gasteiger partial charge in [0.05, 0.1) is 26.9 Å². The molecule has 0 radical (unpaired) electrons. The number of piperazine rings is 1. The van der Waals surface area contributed by atoms with Gasteiger partial charge in [0.2, 0.25) is 10.0 Å². The van der Waals surface area contributed by atoms with Crippen molar-refractivity contribution in [3.63, 3.8) is 0 Å². The summed E-state index contributed by atoms with van der Waals surface area (Å²) in [6.07, 6.45) is 0.317. The van der Waals surface area contributed by atoms with Crippen LogP contribution in [-0.4, -0.2) is 59.2 Å². The highest BCUT2D eigenvalue weighted by Gasteiger charge is 2.64. The molecule has 3 aromatic rings. The summed E-state index contributed by atoms with van der Waals surface area (Å²) in [5.74, 6) is -1.15. The van der Waals surface area contributed by atoms with Gasteiger partial charge in [-0.15, -0.1) is 0 Å². The first kappa shape index (κ1) is 21.6. The summed E-state index contributed by atoms with van der Waals surface area (Å²) in [6, 6.07) is 10.7. The van der Waals surface area contributed by atoms with Crippen LogP contribution in [0.4, 0.5) is 20.6 Å². The Morgan fingerprint density at radius 3 is 2.34 bits per heavy atom. The molecule has 3 atom stereocenters. The quantitative estimate of drug-likeness (QED) is 0.311. The third-order valence-electron chi connectivity index (χ3n) is 6.95. The molecule has 0 saturated carbocycles. The molecular weight excluding hydrogens is 479 g/mol. The number of rotatable bonds is 4. The highest BCUT2D eigenvalue weighted by atomic mass is 32.2. The molecule has 3 aliphatic heterocycles. The summed E-state index contributed by atoms with van der Waals surface area (Å²) in [5.41, 5.74) is 0.0588. The Morgan fingerprint density at radius 1 is 0.971 bits per heavy atom. The Labute approximate surface area is 198 Å². The third-order valence-corrected chi connectivity index (χ3v) is 8.86. The van der Waals surface area contributed by atoms with E-state index in [0.29, 0.717) is 11.8 Å². The predicted molar refractivity (Wildman–Crippen MR) is 122 cm³/mol. The molecule has 2 bridgehead atoms. The van der Waals surface area contributed by atoms with Crippen LogP contribution in [0.25, 0.3) is 10.8 Å². The minimum atomic E-state index is -4.01. The van der Waals surface area contributed by atoms with Crippen molar-refractivity contribution < 1.29 is 27.3 Å². The van der Waals surface area contributed by atoms with Gasteiger partial charge in [-0.2, -0.15) is 4.31 Å². The van der Waals surface area contributed by atoms with E-state index in [4.69, 9.17) is 0 Å². The molecule has 3 aliphatic rings. The van der Waals surface area contributed by atoms with Crippen molar-refractivity contribution in [2.24, 2.45) is 0 Å². The number of imide groups is 1. The number of hydrogen-bond acceptors (Lipinski definition) is 6. The zero-order valence-corrected chi connectivity index (χ0v) is 18.8. The Balaban J connectivity index is 1.39. The second-order valence-electron chi connectivity index (χ2n) is 8.70. The van der Waals surface area contributed by atoms with Crippen molar-refractivity contribution in [1.82, 2.24) is 9.21 Å². The van der Waals surface area contributed by atoms with Crippen LogP contribution < -0.4 is 4.90 Å². The fraction of sp³-hybridized carbons (Fsp3) is 0.217. The van der Waals surface area contributed by atoms with Crippen LogP contribution in [0.15, 0.2) is 65.6 Å². The van der Waals surface area contributed by atoms with Gasteiger partial charge in [-0.1, -0.05) is 18.2 Å². The van der Waals surface area contributed by atoms with Gasteiger partial charge in [-0.05, 0) is 42.8 Å². The summed E-state index contributed by atoms with van der Waals surface area (Å²) < 4.78 is 41.0. The molecule has 178 valence electrons. The smallest absolute Gasteiger partial charge is 0.306 e. The van der Waals surface area contributed by atoms with E-state index in [0.717, 1.165) is 17.0 Å². The topological polar surface area (TPSA) is 121 Å². The zero-order chi connectivity index (χ0) is 24.6. The molecule has 3 fully saturated rings. The van der Waals surface area contributed by atoms with Crippen LogP contribution in [0.2, 0.25) is 0 Å². The molecule has 35 heavy (non-hydrogen) atoms. The number of hydrogen-bond donors (Lipinski definition) is 0. The van der Waals surface area contributed by atoms with Crippen LogP contribution >= 0.6 is 0 Å². The number of sulfonamides is 1. The average Bonchev–Trinajstić information content (AvgIpc) is 3.50. The fourth-order valence-corrected chi connectivity index (χ4v) is 7.15. The van der Waals surface area contributed by atoms with Crippen LogP contribution in [-0.2, 0) is 14.8 Å². The van der Waals surface area contributed by atoms with Gasteiger partial charge in [0.1, 0.15) is 11.9 Å². The lowest BCUT2D eigenvalue weighted by Gasteiger charge is -2.34. The van der Waals surface area contributed by atoms with Crippen molar-refractivity contribution in [2.45, 2.75) is 29.4 Å². The standard InChI is InChI=1S/C23H17FN4O6S/c24-13-5-7-15(8-6-13)35(33,34)25-12-14-11-20(25)21-22(29)27(23(30)26(14)21)18-9-10-19(28(31)32)17-4-2-1-3-16(17)18/h1-10,14,20-21H,11-12H2/t14-,20-,21+/m1/s1. The Morgan fingerprint density at radius 2 is 1.66 bits per heavy atom. The maximum absolute atomic E-state index is 13.6. The number of benzene rings is 3. The van der Waals surface area contributed by atoms with E-state index in [-0.39, 0.29) is 28.2 Å². The maximum Gasteiger partial charge on any atom is 0.332 e. The normalized spacial score (nSPS) is 24.0. The molecule has 6 rings (SSSR count). The zero-order valence-electron chi connectivity index (χ0n) is 17.9. The predicted octanol–water partition coefficient (Wildman–Crippen LogP) is 2.87. The van der Waals surface area contributed by atoms with Crippen LogP contribution in [0.3, 0.4) is 0 Å². The van der Waals surface area contributed by atoms with E-state index in [1.54, 1.807) is 24.3 Å². The maximum atomic E-state index is 13.6. The number of anilines is 1. The lowest BCUT2D eigenvalue weighted by Crippen LogP contribution is -2.54. The monoisotopic (exact) mass is 496 g/mol. The van der Waals surface area contributed by atoms with Gasteiger partial charge < -0.3 is 4.90 Å². The first-order valence-corrected chi connectivity index (χ1v) is 12.2. The van der Waals surface area contributed by atoms with E-state index in [2.05, 4.69) is 0 Å². The Kier molecular flexibility index (Phi) is 4.51. The van der Waals surface area contributed by atoms with E-state index >= 15 is 0 Å². The minimum absolute atomic E-state index is 0.0226. The minimum Gasteiger partial charge on any atom is -0.306 e. The van der Waals surface area contributed by atoms with Gasteiger partial charge in [0, 0.05) is 24.0 Å². The summed E-state index contributed by atoms with van der Waals surface area (Å²) in [7, 11) is -4.01. The van der Waals surface area contributed by atoms with Gasteiger partial charge >= 0.3 is 6.03 Å². The second-order valence-corrected chi connectivity index (χ2v) is 10.6. The summed E-state index contributed by atoms with van der Waals surface area (Å²) in [5, 5.41) is 12.1. The largest absolute Gasteiger partial charge is 0.332 e. The molecule has 0 aliphatic carbocycles. The number of carbonyl (C=O) groups is 2. The lowest BCUT2D eigenvalue weighted by atomic mass is 10.1. The van der Waals surface area contributed by atoms with Crippen LogP contribution in [0, 0.1) is 15.9 Å². The molecule has 0 spiro atoms. The molecule has 3 saturated heterocycles. The molecular formula is C23H17FN4O6S. The number of nitro benzene ring substituents is 1. The van der Waals surface area contributed by atoms with Crippen molar-refractivity contribution in [3.05, 3.63) is 76.6 Å². The molecule has 0 unspecified atom stereocenters. The van der Waals surface area contributed by atoms with E-state index in [1.165, 1.54) is 33.5 Å². The van der Waals surface area contributed by atoms with Gasteiger partial charge in [-0.25, -0.2) is 22.5 Å². The van der Waals surface area contributed by atoms with Crippen molar-refractivity contribution in [2.75, 3.05) is 11.4 Å². The van der Waals surface area contributed by atoms with Crippen LogP contribution in [0.1, 0.15) is 6.42 Å². The molecule has 3 amide bonds. The first-order valence-electron chi connectivity index (χ1n) is 10.8. The molecule has 3 aromatic carbocycles. The van der Waals surface area contributed by atoms with Gasteiger partial charge in [0.15, 0.2) is 0 Å². The number of amides is 3. The average molecular weight is 496 g/mol. The van der Waals surface area contributed by atoms with Crippen molar-refractivity contribution in [1.29, 1.82) is 0 Å². The molecule has 0 N–H and O–H groups in total. The molecule has 10 nitrogen and oxygen atoms in total. The first-order chi connectivity index (χ1) is 16.7. The number of nitro groups is 1. The number of carbonyl (C=O) groups excluding carboxylic acids is 2. The van der Waals surface area contributed by atoms with Gasteiger partial charge in [0.25, 0.3) is 11.6 Å². The lowest BCUT2D eigenvalue weighted by molar-refractivity contribution is -0.383. The van der Waals surface area contributed by atoms with Crippen molar-refractivity contribution in [3.8, 4) is 0 Å². The highest BCUT2D eigenvalue weighted by Crippen LogP contribution is 2.45. The van der Waals surface area contributed by atoms with E-state index < -0.39 is 50.8 Å². The number of urea groups is 1. The van der Waals surface area contributed by atoms with Crippen LogP contribution in [0.5, 0.6) is 0 Å². The van der Waals surface area contributed by atoms with E-state index in [1.807, 2.05) is 0 Å². The molecule has 0 aromatic heterocycles. The van der Waals surface area contributed by atoms with Crippen molar-refractivity contribution >= 4 is 44.1 Å². The number of fused-ring (bicyclic) bond motifs is 6. The summed E-state index contributed by atoms with van der Waals surface area (Å²) >= 11 is 0. The summed E-state index contributed by atoms with van der Waals surface area (Å²) in [6.45, 7) is 0.0226. The number of nitrogens with zero attached hydrogens (tertiary/aromatic N) is 4. The molecule has 12 heteroatoms. The Hall–Kier alpha value is -3.90.